The zero-order chi connectivity index (χ0) is 24.2. The highest BCUT2D eigenvalue weighted by atomic mass is 32.2. The summed E-state index contributed by atoms with van der Waals surface area (Å²) in [6.45, 7) is 4.94. The zero-order valence-electron chi connectivity index (χ0n) is 18.9. The maximum absolute atomic E-state index is 13.4. The summed E-state index contributed by atoms with van der Waals surface area (Å²) in [4.78, 5) is 28.1. The van der Waals surface area contributed by atoms with E-state index < -0.39 is 28.3 Å². The lowest BCUT2D eigenvalue weighted by atomic mass is 10.1. The van der Waals surface area contributed by atoms with Crippen molar-refractivity contribution in [3.05, 3.63) is 70.9 Å². The second-order valence-corrected chi connectivity index (χ2v) is 9.23. The van der Waals surface area contributed by atoms with Gasteiger partial charge in [-0.25, -0.2) is 13.2 Å². The van der Waals surface area contributed by atoms with E-state index in [4.69, 9.17) is 13.9 Å². The van der Waals surface area contributed by atoms with Crippen LogP contribution in [0.4, 0.5) is 0 Å². The quantitative estimate of drug-likeness (QED) is 0.353. The minimum absolute atomic E-state index is 0.0138. The van der Waals surface area contributed by atoms with E-state index in [0.29, 0.717) is 29.4 Å². The lowest BCUT2D eigenvalue weighted by Gasteiger charge is -2.21. The summed E-state index contributed by atoms with van der Waals surface area (Å²) in [6.07, 6.45) is 1.43. The molecule has 2 aromatic heterocycles. The van der Waals surface area contributed by atoms with Crippen molar-refractivity contribution in [2.45, 2.75) is 32.2 Å². The second kappa shape index (κ2) is 10.1. The summed E-state index contributed by atoms with van der Waals surface area (Å²) in [7, 11) is -2.80. The number of sulfonamides is 1. The number of nitrogens with one attached hydrogen (secondary N) is 1. The molecule has 0 aliphatic rings. The van der Waals surface area contributed by atoms with Gasteiger partial charge in [0.1, 0.15) is 11.5 Å². The number of furan rings is 1. The van der Waals surface area contributed by atoms with Gasteiger partial charge in [0.2, 0.25) is 10.0 Å². The molecule has 9 nitrogen and oxygen atoms in total. The first-order chi connectivity index (χ1) is 15.7. The highest BCUT2D eigenvalue weighted by Gasteiger charge is 2.30. The number of ether oxygens (including phenoxy) is 2. The van der Waals surface area contributed by atoms with E-state index in [-0.39, 0.29) is 22.7 Å². The van der Waals surface area contributed by atoms with E-state index in [1.54, 1.807) is 38.1 Å². The van der Waals surface area contributed by atoms with Crippen LogP contribution < -0.4 is 4.74 Å². The zero-order valence-corrected chi connectivity index (χ0v) is 19.7. The normalized spacial score (nSPS) is 11.5. The van der Waals surface area contributed by atoms with Gasteiger partial charge in [-0.2, -0.15) is 4.31 Å². The number of carbonyl (C=O) groups excluding carboxylic acids is 2. The number of H-pyrrole nitrogens is 1. The fraction of sp³-hybridized carbons (Fsp3) is 0.304. The summed E-state index contributed by atoms with van der Waals surface area (Å²) >= 11 is 0. The number of methoxy groups -OCH3 is 1. The molecule has 0 aliphatic heterocycles. The van der Waals surface area contributed by atoms with Gasteiger partial charge in [-0.05, 0) is 62.7 Å². The number of aryl methyl sites for hydroxylation is 1. The molecule has 0 bridgehead atoms. The third kappa shape index (κ3) is 5.18. The highest BCUT2D eigenvalue weighted by Crippen LogP contribution is 2.24. The van der Waals surface area contributed by atoms with Crippen molar-refractivity contribution in [3.63, 3.8) is 0 Å². The van der Waals surface area contributed by atoms with Gasteiger partial charge in [0.05, 0.1) is 49.2 Å². The Morgan fingerprint density at radius 1 is 1.12 bits per heavy atom. The third-order valence-electron chi connectivity index (χ3n) is 5.11. The average molecular weight is 475 g/mol. The number of benzene rings is 1. The van der Waals surface area contributed by atoms with Gasteiger partial charge in [-0.3, -0.25) is 4.79 Å². The Labute approximate surface area is 192 Å². The number of aromatic nitrogens is 1. The Morgan fingerprint density at radius 3 is 2.39 bits per heavy atom. The van der Waals surface area contributed by atoms with Crippen LogP contribution in [-0.2, 0) is 21.3 Å². The number of aromatic amines is 1. The van der Waals surface area contributed by atoms with Crippen LogP contribution in [0.1, 0.15) is 44.8 Å². The van der Waals surface area contributed by atoms with Gasteiger partial charge in [0.25, 0.3) is 0 Å². The van der Waals surface area contributed by atoms with Crippen LogP contribution in [0.2, 0.25) is 0 Å². The van der Waals surface area contributed by atoms with Crippen molar-refractivity contribution in [3.8, 4) is 5.75 Å². The molecule has 0 saturated heterocycles. The van der Waals surface area contributed by atoms with Crippen LogP contribution in [-0.4, -0.2) is 49.7 Å². The van der Waals surface area contributed by atoms with E-state index in [9.17, 15) is 18.0 Å². The van der Waals surface area contributed by atoms with E-state index in [1.807, 2.05) is 6.92 Å². The van der Waals surface area contributed by atoms with Crippen molar-refractivity contribution in [1.82, 2.24) is 9.29 Å². The van der Waals surface area contributed by atoms with E-state index in [1.165, 1.54) is 25.5 Å². The topological polar surface area (TPSA) is 119 Å². The predicted octanol–water partition coefficient (Wildman–Crippen LogP) is 3.48. The van der Waals surface area contributed by atoms with E-state index in [2.05, 4.69) is 4.98 Å². The molecule has 0 unspecified atom stereocenters. The van der Waals surface area contributed by atoms with Crippen LogP contribution in [0.3, 0.4) is 0 Å². The molecular weight excluding hydrogens is 448 g/mol. The molecule has 0 fully saturated rings. The van der Waals surface area contributed by atoms with Gasteiger partial charge < -0.3 is 18.9 Å². The molecule has 0 radical (unpaired) electrons. The van der Waals surface area contributed by atoms with Gasteiger partial charge in [0, 0.05) is 5.69 Å². The van der Waals surface area contributed by atoms with Crippen LogP contribution in [0, 0.1) is 13.8 Å². The number of rotatable bonds is 10. The standard InChI is InChI=1S/C23H26N2O7S/c1-5-31-17-8-10-19(11-9-17)33(28,29)25(13-18-7-6-12-32-18)14-20(26)22-15(2)21(16(3)24-22)23(27)30-4/h6-12,24H,5,13-14H2,1-4H3. The lowest BCUT2D eigenvalue weighted by Crippen LogP contribution is -2.35. The van der Waals surface area contributed by atoms with Gasteiger partial charge in [-0.15, -0.1) is 0 Å². The minimum atomic E-state index is -4.06. The smallest absolute Gasteiger partial charge is 0.339 e. The maximum Gasteiger partial charge on any atom is 0.339 e. The highest BCUT2D eigenvalue weighted by molar-refractivity contribution is 7.89. The third-order valence-corrected chi connectivity index (χ3v) is 6.92. The van der Waals surface area contributed by atoms with Gasteiger partial charge in [0.15, 0.2) is 5.78 Å². The molecule has 2 heterocycles. The van der Waals surface area contributed by atoms with Crippen molar-refractivity contribution in [1.29, 1.82) is 0 Å². The van der Waals surface area contributed by atoms with Crippen LogP contribution in [0.5, 0.6) is 5.75 Å². The summed E-state index contributed by atoms with van der Waals surface area (Å²) in [6, 6.07) is 9.25. The first kappa shape index (κ1) is 24.3. The number of hydrogen-bond donors (Lipinski definition) is 1. The first-order valence-corrected chi connectivity index (χ1v) is 11.7. The Kier molecular flexibility index (Phi) is 7.39. The first-order valence-electron chi connectivity index (χ1n) is 10.2. The Morgan fingerprint density at radius 2 is 1.82 bits per heavy atom. The Hall–Kier alpha value is -3.37. The molecule has 176 valence electrons. The number of hydrogen-bond acceptors (Lipinski definition) is 7. The van der Waals surface area contributed by atoms with Crippen molar-refractivity contribution >= 4 is 21.8 Å². The number of nitrogens with zero attached hydrogens (tertiary/aromatic N) is 1. The summed E-state index contributed by atoms with van der Waals surface area (Å²) < 4.78 is 43.3. The second-order valence-electron chi connectivity index (χ2n) is 7.30. The largest absolute Gasteiger partial charge is 0.494 e. The molecule has 0 spiro atoms. The molecule has 3 rings (SSSR count). The molecule has 10 heteroatoms. The van der Waals surface area contributed by atoms with Crippen LogP contribution in [0.15, 0.2) is 52.0 Å². The van der Waals surface area contributed by atoms with Crippen LogP contribution in [0.25, 0.3) is 0 Å². The minimum Gasteiger partial charge on any atom is -0.494 e. The Bertz CT molecular complexity index is 1230. The molecular formula is C23H26N2O7S. The average Bonchev–Trinajstić information content (AvgIpc) is 3.40. The number of esters is 1. The predicted molar refractivity (Wildman–Crippen MR) is 120 cm³/mol. The van der Waals surface area contributed by atoms with Crippen LogP contribution >= 0.6 is 0 Å². The van der Waals surface area contributed by atoms with Gasteiger partial charge >= 0.3 is 5.97 Å². The molecule has 3 aromatic rings. The number of Topliss-reactive ketones (excluding diaryl/α,β-unsaturated/α-hetero) is 1. The van der Waals surface area contributed by atoms with Crippen molar-refractivity contribution in [2.75, 3.05) is 20.3 Å². The fourth-order valence-electron chi connectivity index (χ4n) is 3.50. The Balaban J connectivity index is 1.95. The molecule has 33 heavy (non-hydrogen) atoms. The number of carbonyl (C=O) groups is 2. The molecule has 0 saturated carbocycles. The molecule has 1 N–H and O–H groups in total. The van der Waals surface area contributed by atoms with Crippen molar-refractivity contribution in [2.24, 2.45) is 0 Å². The van der Waals surface area contributed by atoms with E-state index in [0.717, 1.165) is 4.31 Å². The summed E-state index contributed by atoms with van der Waals surface area (Å²) in [5.74, 6) is -0.147. The molecule has 0 amide bonds. The monoisotopic (exact) mass is 474 g/mol. The molecule has 0 aliphatic carbocycles. The maximum atomic E-state index is 13.4. The van der Waals surface area contributed by atoms with E-state index >= 15 is 0 Å². The van der Waals surface area contributed by atoms with Crippen molar-refractivity contribution < 1.29 is 31.9 Å². The lowest BCUT2D eigenvalue weighted by molar-refractivity contribution is 0.0599. The molecule has 0 atom stereocenters. The summed E-state index contributed by atoms with van der Waals surface area (Å²) in [5.41, 5.74) is 1.28. The number of ketones is 1. The fourth-order valence-corrected chi connectivity index (χ4v) is 4.86. The molecule has 1 aromatic carbocycles. The SMILES string of the molecule is CCOc1ccc(S(=O)(=O)N(CC(=O)c2[nH]c(C)c(C(=O)OC)c2C)Cc2ccco2)cc1. The summed E-state index contributed by atoms with van der Waals surface area (Å²) in [5, 5.41) is 0. The van der Waals surface area contributed by atoms with Gasteiger partial charge in [-0.1, -0.05) is 0 Å².